The van der Waals surface area contributed by atoms with Crippen molar-refractivity contribution in [1.82, 2.24) is 0 Å². The van der Waals surface area contributed by atoms with Crippen LogP contribution in [0.15, 0.2) is 0 Å². The van der Waals surface area contributed by atoms with Gasteiger partial charge in [-0.15, -0.1) is 0 Å². The average molecular weight is 328 g/mol. The molecule has 4 nitrogen and oxygen atoms in total. The molecule has 23 heavy (non-hydrogen) atoms. The Hall–Kier alpha value is -1.06. The molecule has 0 saturated carbocycles. The van der Waals surface area contributed by atoms with Crippen LogP contribution in [0.3, 0.4) is 0 Å². The summed E-state index contributed by atoms with van der Waals surface area (Å²) in [6.45, 7) is 8.56. The predicted molar refractivity (Wildman–Crippen MR) is 92.9 cm³/mol. The highest BCUT2D eigenvalue weighted by Gasteiger charge is 2.06. The fourth-order valence-electron chi connectivity index (χ4n) is 2.30. The van der Waals surface area contributed by atoms with Gasteiger partial charge in [0.2, 0.25) is 6.79 Å². The van der Waals surface area contributed by atoms with Crippen molar-refractivity contribution < 1.29 is 19.1 Å². The van der Waals surface area contributed by atoms with Gasteiger partial charge in [-0.3, -0.25) is 9.59 Å². The van der Waals surface area contributed by atoms with E-state index in [9.17, 15) is 9.59 Å². The highest BCUT2D eigenvalue weighted by atomic mass is 16.7. The van der Waals surface area contributed by atoms with E-state index < -0.39 is 0 Å². The van der Waals surface area contributed by atoms with E-state index in [1.165, 1.54) is 12.8 Å². The lowest BCUT2D eigenvalue weighted by atomic mass is 10.0. The Morgan fingerprint density at radius 1 is 0.652 bits per heavy atom. The minimum atomic E-state index is -0.278. The van der Waals surface area contributed by atoms with E-state index >= 15 is 0 Å². The molecule has 0 aliphatic carbocycles. The molecule has 0 rings (SSSR count). The SMILES string of the molecule is CC(C)CCCCCC(=O)OCOC(=O)CCCCCC(C)C. The molecule has 136 valence electrons. The summed E-state index contributed by atoms with van der Waals surface area (Å²) in [5, 5.41) is 0. The summed E-state index contributed by atoms with van der Waals surface area (Å²) >= 11 is 0. The van der Waals surface area contributed by atoms with E-state index in [1.807, 2.05) is 0 Å². The third kappa shape index (κ3) is 17.1. The lowest BCUT2D eigenvalue weighted by molar-refractivity contribution is -0.167. The van der Waals surface area contributed by atoms with Crippen molar-refractivity contribution in [2.45, 2.75) is 91.9 Å². The van der Waals surface area contributed by atoms with Gasteiger partial charge < -0.3 is 9.47 Å². The summed E-state index contributed by atoms with van der Waals surface area (Å²) in [5.74, 6) is 0.872. The lowest BCUT2D eigenvalue weighted by Crippen LogP contribution is -2.12. The Balaban J connectivity index is 3.40. The maximum atomic E-state index is 11.5. The van der Waals surface area contributed by atoms with Crippen molar-refractivity contribution in [1.29, 1.82) is 0 Å². The Kier molecular flexibility index (Phi) is 13.9. The molecule has 0 amide bonds. The maximum absolute atomic E-state index is 11.5. The fraction of sp³-hybridized carbons (Fsp3) is 0.895. The van der Waals surface area contributed by atoms with Crippen LogP contribution in [0.2, 0.25) is 0 Å². The van der Waals surface area contributed by atoms with Crippen LogP contribution in [0.4, 0.5) is 0 Å². The summed E-state index contributed by atoms with van der Waals surface area (Å²) in [5.41, 5.74) is 0. The van der Waals surface area contributed by atoms with E-state index in [4.69, 9.17) is 9.47 Å². The minimum absolute atomic E-state index is 0.240. The largest absolute Gasteiger partial charge is 0.428 e. The molecule has 4 heteroatoms. The van der Waals surface area contributed by atoms with Crippen LogP contribution < -0.4 is 0 Å². The third-order valence-electron chi connectivity index (χ3n) is 3.76. The van der Waals surface area contributed by atoms with Gasteiger partial charge in [-0.25, -0.2) is 0 Å². The number of carbonyl (C=O) groups is 2. The molecule has 0 aromatic carbocycles. The topological polar surface area (TPSA) is 52.6 Å². The number of carbonyl (C=O) groups excluding carboxylic acids is 2. The number of esters is 2. The number of hydrogen-bond donors (Lipinski definition) is 0. The smallest absolute Gasteiger partial charge is 0.308 e. The first-order valence-electron chi connectivity index (χ1n) is 9.23. The molecule has 0 aromatic rings. The highest BCUT2D eigenvalue weighted by molar-refractivity contribution is 5.70. The lowest BCUT2D eigenvalue weighted by Gasteiger charge is -2.07. The van der Waals surface area contributed by atoms with Crippen LogP contribution in [0.5, 0.6) is 0 Å². The Labute approximate surface area is 142 Å². The summed E-state index contributed by atoms with van der Waals surface area (Å²) in [6.07, 6.45) is 9.29. The molecule has 0 radical (unpaired) electrons. The van der Waals surface area contributed by atoms with Crippen LogP contribution in [0.1, 0.15) is 91.9 Å². The van der Waals surface area contributed by atoms with Crippen LogP contribution in [0.25, 0.3) is 0 Å². The first kappa shape index (κ1) is 21.9. The number of ether oxygens (including phenoxy) is 2. The van der Waals surface area contributed by atoms with Gasteiger partial charge in [0.1, 0.15) is 0 Å². The van der Waals surface area contributed by atoms with E-state index in [0.717, 1.165) is 38.5 Å². The monoisotopic (exact) mass is 328 g/mol. The average Bonchev–Trinajstić information content (AvgIpc) is 2.45. The maximum Gasteiger partial charge on any atom is 0.308 e. The van der Waals surface area contributed by atoms with Crippen molar-refractivity contribution in [3.8, 4) is 0 Å². The van der Waals surface area contributed by atoms with Crippen LogP contribution in [-0.2, 0) is 19.1 Å². The second kappa shape index (κ2) is 14.5. The molecule has 0 aliphatic heterocycles. The van der Waals surface area contributed by atoms with Gasteiger partial charge in [-0.05, 0) is 24.7 Å². The first-order chi connectivity index (χ1) is 10.9. The molecule has 0 unspecified atom stereocenters. The summed E-state index contributed by atoms with van der Waals surface area (Å²) in [7, 11) is 0. The number of rotatable bonds is 14. The van der Waals surface area contributed by atoms with Gasteiger partial charge in [0, 0.05) is 12.8 Å². The third-order valence-corrected chi connectivity index (χ3v) is 3.76. The Morgan fingerprint density at radius 2 is 1.04 bits per heavy atom. The van der Waals surface area contributed by atoms with E-state index in [2.05, 4.69) is 27.7 Å². The van der Waals surface area contributed by atoms with Gasteiger partial charge in [-0.2, -0.15) is 0 Å². The minimum Gasteiger partial charge on any atom is -0.428 e. The molecular weight excluding hydrogens is 292 g/mol. The Bertz CT molecular complexity index is 280. The first-order valence-corrected chi connectivity index (χ1v) is 9.23. The van der Waals surface area contributed by atoms with Crippen molar-refractivity contribution >= 4 is 11.9 Å². The summed E-state index contributed by atoms with van der Waals surface area (Å²) < 4.78 is 9.83. The normalized spacial score (nSPS) is 11.0. The van der Waals surface area contributed by atoms with Gasteiger partial charge in [-0.1, -0.05) is 66.2 Å². The predicted octanol–water partition coefficient (Wildman–Crippen LogP) is 5.24. The Morgan fingerprint density at radius 3 is 1.39 bits per heavy atom. The van der Waals surface area contributed by atoms with Gasteiger partial charge >= 0.3 is 11.9 Å². The van der Waals surface area contributed by atoms with Crippen molar-refractivity contribution in [3.05, 3.63) is 0 Å². The van der Waals surface area contributed by atoms with Crippen LogP contribution in [0, 0.1) is 11.8 Å². The molecule has 0 N–H and O–H groups in total. The van der Waals surface area contributed by atoms with Crippen LogP contribution in [-0.4, -0.2) is 18.7 Å². The van der Waals surface area contributed by atoms with Gasteiger partial charge in [0.15, 0.2) is 0 Å². The zero-order valence-corrected chi connectivity index (χ0v) is 15.6. The zero-order chi connectivity index (χ0) is 17.5. The molecule has 0 atom stereocenters. The van der Waals surface area contributed by atoms with E-state index in [0.29, 0.717) is 24.7 Å². The zero-order valence-electron chi connectivity index (χ0n) is 15.6. The summed E-state index contributed by atoms with van der Waals surface area (Å²) in [6, 6.07) is 0. The number of unbranched alkanes of at least 4 members (excludes halogenated alkanes) is 4. The van der Waals surface area contributed by atoms with Gasteiger partial charge in [0.05, 0.1) is 0 Å². The van der Waals surface area contributed by atoms with E-state index in [-0.39, 0.29) is 18.7 Å². The summed E-state index contributed by atoms with van der Waals surface area (Å²) in [4.78, 5) is 22.9. The number of hydrogen-bond acceptors (Lipinski definition) is 4. The van der Waals surface area contributed by atoms with E-state index in [1.54, 1.807) is 0 Å². The molecule has 0 fully saturated rings. The fourth-order valence-corrected chi connectivity index (χ4v) is 2.30. The molecule has 0 saturated heterocycles. The van der Waals surface area contributed by atoms with Crippen LogP contribution >= 0.6 is 0 Å². The van der Waals surface area contributed by atoms with Gasteiger partial charge in [0.25, 0.3) is 0 Å². The second-order valence-corrected chi connectivity index (χ2v) is 7.14. The van der Waals surface area contributed by atoms with Crippen molar-refractivity contribution in [2.75, 3.05) is 6.79 Å². The molecule has 0 heterocycles. The molecule has 0 aromatic heterocycles. The van der Waals surface area contributed by atoms with Crippen molar-refractivity contribution in [3.63, 3.8) is 0 Å². The molecule has 0 spiro atoms. The standard InChI is InChI=1S/C19H36O4/c1-16(2)11-7-5-9-13-18(20)22-15-23-19(21)14-10-6-8-12-17(3)4/h16-17H,5-15H2,1-4H3. The molecule has 0 bridgehead atoms. The second-order valence-electron chi connectivity index (χ2n) is 7.14. The highest BCUT2D eigenvalue weighted by Crippen LogP contribution is 2.11. The van der Waals surface area contributed by atoms with Crippen molar-refractivity contribution in [2.24, 2.45) is 11.8 Å². The molecular formula is C19H36O4. The quantitative estimate of drug-likeness (QED) is 0.248. The molecule has 0 aliphatic rings.